The Morgan fingerprint density at radius 1 is 1.09 bits per heavy atom. The van der Waals surface area contributed by atoms with Crippen LogP contribution in [0.1, 0.15) is 27.2 Å². The molecule has 2 N–H and O–H groups in total. The molecule has 0 spiro atoms. The summed E-state index contributed by atoms with van der Waals surface area (Å²) in [5.41, 5.74) is 5.33. The van der Waals surface area contributed by atoms with Crippen molar-refractivity contribution in [2.75, 3.05) is 10.7 Å². The second-order valence-corrected chi connectivity index (χ2v) is 9.51. The molecule has 0 aliphatic carbocycles. The zero-order chi connectivity index (χ0) is 24.4. The number of hydrogen-bond acceptors (Lipinski definition) is 7. The fourth-order valence-electron chi connectivity index (χ4n) is 4.04. The molecule has 4 aromatic rings. The Bertz CT molecular complexity index is 1380. The molecular weight excluding hydrogens is 484 g/mol. The molecule has 0 saturated carbocycles. The summed E-state index contributed by atoms with van der Waals surface area (Å²) < 4.78 is 0. The van der Waals surface area contributed by atoms with E-state index in [1.807, 2.05) is 42.1 Å². The number of thioether (sulfide) groups is 1. The standard InChI is InChI=1S/C26H21ClN4O3S/c27-26-29-22-9-11-35-15-21(22)24(30-26)17-3-5-18(6-4-17)31(14-16-2-1-10-28-13-16)25(34)20-8-7-19(32)12-23(20)33/h1-8,10,12-13,32-33H,9,11,14-15H2. The van der Waals surface area contributed by atoms with Gasteiger partial charge in [0.15, 0.2) is 0 Å². The number of aryl methyl sites for hydroxylation is 1. The largest absolute Gasteiger partial charge is 0.508 e. The molecule has 1 aliphatic heterocycles. The van der Waals surface area contributed by atoms with Crippen molar-refractivity contribution in [3.63, 3.8) is 0 Å². The van der Waals surface area contributed by atoms with Crippen molar-refractivity contribution < 1.29 is 15.0 Å². The average Bonchev–Trinajstić information content (AvgIpc) is 2.87. The maximum Gasteiger partial charge on any atom is 0.262 e. The van der Waals surface area contributed by atoms with Crippen LogP contribution in [0.25, 0.3) is 11.3 Å². The molecule has 2 aromatic carbocycles. The Labute approximate surface area is 211 Å². The van der Waals surface area contributed by atoms with E-state index in [4.69, 9.17) is 11.6 Å². The average molecular weight is 505 g/mol. The van der Waals surface area contributed by atoms with E-state index in [2.05, 4.69) is 15.0 Å². The highest BCUT2D eigenvalue weighted by Gasteiger charge is 2.23. The quantitative estimate of drug-likeness (QED) is 0.358. The second kappa shape index (κ2) is 9.93. The van der Waals surface area contributed by atoms with Gasteiger partial charge in [-0.1, -0.05) is 18.2 Å². The predicted octanol–water partition coefficient (Wildman–Crippen LogP) is 5.24. The fraction of sp³-hybridized carbons (Fsp3) is 0.154. The normalized spacial score (nSPS) is 12.7. The lowest BCUT2D eigenvalue weighted by Crippen LogP contribution is -2.30. The van der Waals surface area contributed by atoms with Crippen molar-refractivity contribution in [2.45, 2.75) is 18.7 Å². The van der Waals surface area contributed by atoms with Crippen LogP contribution in [-0.4, -0.2) is 36.8 Å². The number of nitrogens with zero attached hydrogens (tertiary/aromatic N) is 4. The van der Waals surface area contributed by atoms with Crippen molar-refractivity contribution in [3.05, 3.63) is 94.7 Å². The van der Waals surface area contributed by atoms with Crippen LogP contribution >= 0.6 is 23.4 Å². The monoisotopic (exact) mass is 504 g/mol. The number of anilines is 1. The minimum absolute atomic E-state index is 0.0874. The van der Waals surface area contributed by atoms with E-state index >= 15 is 0 Å². The van der Waals surface area contributed by atoms with Crippen molar-refractivity contribution >= 4 is 35.0 Å². The van der Waals surface area contributed by atoms with E-state index in [0.717, 1.165) is 52.1 Å². The summed E-state index contributed by atoms with van der Waals surface area (Å²) >= 11 is 8.05. The zero-order valence-electron chi connectivity index (χ0n) is 18.6. The second-order valence-electron chi connectivity index (χ2n) is 8.07. The lowest BCUT2D eigenvalue weighted by Gasteiger charge is -2.24. The van der Waals surface area contributed by atoms with Crippen molar-refractivity contribution in [2.24, 2.45) is 0 Å². The summed E-state index contributed by atoms with van der Waals surface area (Å²) in [5, 5.41) is 20.2. The van der Waals surface area contributed by atoms with Crippen LogP contribution in [0.3, 0.4) is 0 Å². The highest BCUT2D eigenvalue weighted by Crippen LogP contribution is 2.34. The van der Waals surface area contributed by atoms with E-state index in [0.29, 0.717) is 5.69 Å². The number of hydrogen-bond donors (Lipinski definition) is 2. The van der Waals surface area contributed by atoms with E-state index in [1.54, 1.807) is 23.4 Å². The number of carbonyl (C=O) groups excluding carboxylic acids is 1. The Morgan fingerprint density at radius 3 is 2.66 bits per heavy atom. The summed E-state index contributed by atoms with van der Waals surface area (Å²) in [7, 11) is 0. The molecule has 2 aromatic heterocycles. The fourth-order valence-corrected chi connectivity index (χ4v) is 5.22. The van der Waals surface area contributed by atoms with Gasteiger partial charge in [-0.2, -0.15) is 11.8 Å². The number of aromatic hydroxyl groups is 2. The van der Waals surface area contributed by atoms with Crippen LogP contribution in [-0.2, 0) is 18.7 Å². The molecule has 9 heteroatoms. The zero-order valence-corrected chi connectivity index (χ0v) is 20.1. The number of phenols is 2. The smallest absolute Gasteiger partial charge is 0.262 e. The molecule has 3 heterocycles. The molecule has 0 atom stereocenters. The minimum atomic E-state index is -0.405. The Kier molecular flexibility index (Phi) is 6.57. The highest BCUT2D eigenvalue weighted by molar-refractivity contribution is 7.98. The third kappa shape index (κ3) is 4.94. The number of fused-ring (bicyclic) bond motifs is 1. The maximum absolute atomic E-state index is 13.5. The lowest BCUT2D eigenvalue weighted by molar-refractivity contribution is 0.0982. The molecule has 7 nitrogen and oxygen atoms in total. The molecule has 5 rings (SSSR count). The van der Waals surface area contributed by atoms with E-state index in [1.165, 1.54) is 12.1 Å². The summed E-state index contributed by atoms with van der Waals surface area (Å²) in [6.45, 7) is 0.248. The Morgan fingerprint density at radius 2 is 1.91 bits per heavy atom. The van der Waals surface area contributed by atoms with Crippen molar-refractivity contribution in [1.29, 1.82) is 0 Å². The third-order valence-corrected chi connectivity index (χ3v) is 6.92. The van der Waals surface area contributed by atoms with Gasteiger partial charge in [-0.15, -0.1) is 0 Å². The molecule has 1 amide bonds. The van der Waals surface area contributed by atoms with Crippen LogP contribution < -0.4 is 4.90 Å². The van der Waals surface area contributed by atoms with Gasteiger partial charge in [0.1, 0.15) is 11.5 Å². The first-order chi connectivity index (χ1) is 17.0. The van der Waals surface area contributed by atoms with Gasteiger partial charge in [0.05, 0.1) is 23.5 Å². The summed E-state index contributed by atoms with van der Waals surface area (Å²) in [5.74, 6) is 1.02. The van der Waals surface area contributed by atoms with Crippen LogP contribution in [0.5, 0.6) is 11.5 Å². The van der Waals surface area contributed by atoms with Gasteiger partial charge >= 0.3 is 0 Å². The number of pyridine rings is 1. The summed E-state index contributed by atoms with van der Waals surface area (Å²) in [4.78, 5) is 28.1. The topological polar surface area (TPSA) is 99.4 Å². The lowest BCUT2D eigenvalue weighted by atomic mass is 10.0. The van der Waals surface area contributed by atoms with Crippen LogP contribution in [0.15, 0.2) is 67.0 Å². The van der Waals surface area contributed by atoms with Crippen LogP contribution in [0.4, 0.5) is 5.69 Å². The highest BCUT2D eigenvalue weighted by atomic mass is 35.5. The number of amides is 1. The van der Waals surface area contributed by atoms with Crippen molar-refractivity contribution in [1.82, 2.24) is 15.0 Å². The number of halogens is 1. The maximum atomic E-state index is 13.5. The van der Waals surface area contributed by atoms with E-state index in [9.17, 15) is 15.0 Å². The van der Waals surface area contributed by atoms with Gasteiger partial charge in [0, 0.05) is 41.0 Å². The number of benzene rings is 2. The third-order valence-electron chi connectivity index (χ3n) is 5.77. The molecule has 0 saturated heterocycles. The van der Waals surface area contributed by atoms with E-state index in [-0.39, 0.29) is 28.9 Å². The van der Waals surface area contributed by atoms with E-state index < -0.39 is 5.91 Å². The van der Waals surface area contributed by atoms with Crippen LogP contribution in [0, 0.1) is 0 Å². The number of aromatic nitrogens is 3. The predicted molar refractivity (Wildman–Crippen MR) is 137 cm³/mol. The molecule has 176 valence electrons. The molecule has 1 aliphatic rings. The number of carbonyl (C=O) groups is 1. The molecule has 0 radical (unpaired) electrons. The first-order valence-corrected chi connectivity index (χ1v) is 12.5. The van der Waals surface area contributed by atoms with Gasteiger partial charge in [-0.25, -0.2) is 9.97 Å². The molecule has 0 bridgehead atoms. The summed E-state index contributed by atoms with van der Waals surface area (Å²) in [6.07, 6.45) is 4.22. The molecule has 0 fully saturated rings. The van der Waals surface area contributed by atoms with Gasteiger partial charge in [-0.05, 0) is 59.7 Å². The number of phenolic OH excluding ortho intramolecular Hbond substituents is 2. The van der Waals surface area contributed by atoms with Gasteiger partial charge in [0.2, 0.25) is 5.28 Å². The Balaban J connectivity index is 1.52. The first-order valence-electron chi connectivity index (χ1n) is 11.0. The van der Waals surface area contributed by atoms with Crippen LogP contribution in [0.2, 0.25) is 5.28 Å². The molecular formula is C26H21ClN4O3S. The molecule has 0 unspecified atom stereocenters. The summed E-state index contributed by atoms with van der Waals surface area (Å²) in [6, 6.07) is 15.1. The van der Waals surface area contributed by atoms with Gasteiger partial charge in [-0.3, -0.25) is 9.78 Å². The SMILES string of the molecule is O=C(c1ccc(O)cc1O)N(Cc1cccnc1)c1ccc(-c2nc(Cl)nc3c2CSCC3)cc1. The van der Waals surface area contributed by atoms with Crippen molar-refractivity contribution in [3.8, 4) is 22.8 Å². The minimum Gasteiger partial charge on any atom is -0.508 e. The Hall–Kier alpha value is -3.62. The van der Waals surface area contributed by atoms with Gasteiger partial charge < -0.3 is 15.1 Å². The molecule has 35 heavy (non-hydrogen) atoms. The van der Waals surface area contributed by atoms with Gasteiger partial charge in [0.25, 0.3) is 5.91 Å². The number of rotatable bonds is 5. The first kappa shape index (κ1) is 23.1.